The van der Waals surface area contributed by atoms with Gasteiger partial charge in [-0.1, -0.05) is 42.1 Å². The van der Waals surface area contributed by atoms with E-state index < -0.39 is 24.0 Å². The second-order valence-corrected chi connectivity index (χ2v) is 6.51. The number of hydrogen-bond acceptors (Lipinski definition) is 7. The molecule has 0 radical (unpaired) electrons. The number of rotatable bonds is 6. The van der Waals surface area contributed by atoms with Crippen molar-refractivity contribution >= 4 is 29.7 Å². The van der Waals surface area contributed by atoms with Crippen LogP contribution in [0.25, 0.3) is 0 Å². The van der Waals surface area contributed by atoms with E-state index in [2.05, 4.69) is 20.6 Å². The van der Waals surface area contributed by atoms with E-state index in [1.807, 2.05) is 19.9 Å². The third-order valence-corrected chi connectivity index (χ3v) is 4.16. The minimum Gasteiger partial charge on any atom is -0.447 e. The zero-order valence-electron chi connectivity index (χ0n) is 15.2. The molecule has 0 saturated carbocycles. The monoisotopic (exact) mass is 388 g/mol. The average molecular weight is 388 g/mol. The first-order chi connectivity index (χ1) is 12.9. The molecule has 0 spiro atoms. The van der Waals surface area contributed by atoms with Crippen molar-refractivity contribution in [3.05, 3.63) is 53.3 Å². The smallest absolute Gasteiger partial charge is 0.321 e. The van der Waals surface area contributed by atoms with Crippen molar-refractivity contribution in [1.29, 1.82) is 0 Å². The molecule has 2 rings (SSSR count). The van der Waals surface area contributed by atoms with Crippen LogP contribution in [-0.2, 0) is 14.3 Å². The summed E-state index contributed by atoms with van der Waals surface area (Å²) < 4.78 is 5.32. The Kier molecular flexibility index (Phi) is 7.30. The largest absolute Gasteiger partial charge is 0.447 e. The first kappa shape index (κ1) is 20.4. The molecular formula is C18H20N4O4S. The number of aryl methyl sites for hydroxylation is 2. The van der Waals surface area contributed by atoms with Gasteiger partial charge in [-0.05, 0) is 19.9 Å². The number of urea groups is 1. The lowest BCUT2D eigenvalue weighted by molar-refractivity contribution is -0.153. The fourth-order valence-corrected chi connectivity index (χ4v) is 2.92. The quantitative estimate of drug-likeness (QED) is 0.442. The molecule has 0 fully saturated rings. The minimum atomic E-state index is -1.24. The Balaban J connectivity index is 2.06. The Morgan fingerprint density at radius 2 is 1.74 bits per heavy atom. The lowest BCUT2D eigenvalue weighted by atomic mass is 10.1. The van der Waals surface area contributed by atoms with Crippen LogP contribution in [0.1, 0.15) is 23.1 Å². The summed E-state index contributed by atoms with van der Waals surface area (Å²) in [5.74, 6) is -1.43. The van der Waals surface area contributed by atoms with Crippen molar-refractivity contribution in [2.75, 3.05) is 12.8 Å². The van der Waals surface area contributed by atoms with Crippen molar-refractivity contribution in [2.24, 2.45) is 0 Å². The SMILES string of the molecule is CNC(=O)NC(=O)C(OC(=O)CSc1nc(C)cc(C)n1)c1ccccc1. The summed E-state index contributed by atoms with van der Waals surface area (Å²) in [5.41, 5.74) is 2.05. The molecule has 0 bridgehead atoms. The first-order valence-electron chi connectivity index (χ1n) is 8.11. The molecule has 9 heteroatoms. The lowest BCUT2D eigenvalue weighted by Gasteiger charge is -2.17. The van der Waals surface area contributed by atoms with Crippen LogP contribution in [0.15, 0.2) is 41.6 Å². The van der Waals surface area contributed by atoms with Crippen molar-refractivity contribution in [3.8, 4) is 0 Å². The van der Waals surface area contributed by atoms with Gasteiger partial charge in [-0.15, -0.1) is 0 Å². The van der Waals surface area contributed by atoms with E-state index in [4.69, 9.17) is 4.74 Å². The van der Waals surface area contributed by atoms with Crippen molar-refractivity contribution in [2.45, 2.75) is 25.1 Å². The minimum absolute atomic E-state index is 0.0700. The highest BCUT2D eigenvalue weighted by atomic mass is 32.2. The van der Waals surface area contributed by atoms with Crippen LogP contribution in [0.3, 0.4) is 0 Å². The molecule has 3 amide bonds. The molecule has 27 heavy (non-hydrogen) atoms. The molecular weight excluding hydrogens is 368 g/mol. The summed E-state index contributed by atoms with van der Waals surface area (Å²) in [6, 6.07) is 9.62. The van der Waals surface area contributed by atoms with Gasteiger partial charge >= 0.3 is 12.0 Å². The Morgan fingerprint density at radius 3 is 2.33 bits per heavy atom. The summed E-state index contributed by atoms with van der Waals surface area (Å²) in [6.45, 7) is 3.68. The molecule has 8 nitrogen and oxygen atoms in total. The number of carbonyl (C=O) groups is 3. The number of carbonyl (C=O) groups excluding carboxylic acids is 3. The molecule has 1 aromatic heterocycles. The summed E-state index contributed by atoms with van der Waals surface area (Å²) in [4.78, 5) is 44.5. The maximum atomic E-state index is 12.3. The molecule has 0 aliphatic carbocycles. The van der Waals surface area contributed by atoms with E-state index in [1.165, 1.54) is 7.05 Å². The maximum Gasteiger partial charge on any atom is 0.321 e. The average Bonchev–Trinajstić information content (AvgIpc) is 2.64. The summed E-state index contributed by atoms with van der Waals surface area (Å²) in [5, 5.41) is 4.86. The van der Waals surface area contributed by atoms with Crippen LogP contribution in [0, 0.1) is 13.8 Å². The van der Waals surface area contributed by atoms with Gasteiger partial charge in [0.15, 0.2) is 5.16 Å². The second kappa shape index (κ2) is 9.67. The van der Waals surface area contributed by atoms with Crippen molar-refractivity contribution in [3.63, 3.8) is 0 Å². The number of imide groups is 1. The predicted molar refractivity (Wildman–Crippen MR) is 100 cm³/mol. The predicted octanol–water partition coefficient (Wildman–Crippen LogP) is 1.93. The van der Waals surface area contributed by atoms with Gasteiger partial charge in [-0.2, -0.15) is 0 Å². The highest BCUT2D eigenvalue weighted by Crippen LogP contribution is 2.20. The normalized spacial score (nSPS) is 11.4. The highest BCUT2D eigenvalue weighted by Gasteiger charge is 2.26. The number of nitrogens with one attached hydrogen (secondary N) is 2. The van der Waals surface area contributed by atoms with Gasteiger partial charge in [0, 0.05) is 24.0 Å². The van der Waals surface area contributed by atoms with E-state index in [-0.39, 0.29) is 5.75 Å². The number of ether oxygens (including phenoxy) is 1. The van der Waals surface area contributed by atoms with Gasteiger partial charge in [0.2, 0.25) is 6.10 Å². The van der Waals surface area contributed by atoms with Crippen molar-refractivity contribution < 1.29 is 19.1 Å². The third-order valence-electron chi connectivity index (χ3n) is 3.33. The molecule has 1 heterocycles. The molecule has 0 aliphatic heterocycles. The standard InChI is InChI=1S/C18H20N4O4S/c1-11-9-12(2)21-18(20-11)27-10-14(23)26-15(13-7-5-4-6-8-13)16(24)22-17(25)19-3/h4-9,15H,10H2,1-3H3,(H2,19,22,24,25). The molecule has 1 aromatic carbocycles. The number of hydrogen-bond donors (Lipinski definition) is 2. The van der Waals surface area contributed by atoms with Gasteiger partial charge in [0.25, 0.3) is 5.91 Å². The summed E-state index contributed by atoms with van der Waals surface area (Å²) in [7, 11) is 1.38. The summed E-state index contributed by atoms with van der Waals surface area (Å²) >= 11 is 1.12. The van der Waals surface area contributed by atoms with E-state index in [0.717, 1.165) is 23.1 Å². The molecule has 1 atom stereocenters. The number of esters is 1. The van der Waals surface area contributed by atoms with Gasteiger partial charge < -0.3 is 10.1 Å². The van der Waals surface area contributed by atoms with Gasteiger partial charge in [0.05, 0.1) is 5.75 Å². The van der Waals surface area contributed by atoms with Crippen LogP contribution in [0.5, 0.6) is 0 Å². The third kappa shape index (κ3) is 6.37. The van der Waals surface area contributed by atoms with E-state index in [0.29, 0.717) is 10.7 Å². The van der Waals surface area contributed by atoms with Crippen LogP contribution < -0.4 is 10.6 Å². The number of benzene rings is 1. The first-order valence-corrected chi connectivity index (χ1v) is 9.09. The Morgan fingerprint density at radius 1 is 1.11 bits per heavy atom. The number of nitrogens with zero attached hydrogens (tertiary/aromatic N) is 2. The molecule has 142 valence electrons. The highest BCUT2D eigenvalue weighted by molar-refractivity contribution is 7.99. The van der Waals surface area contributed by atoms with E-state index in [9.17, 15) is 14.4 Å². The molecule has 0 aliphatic rings. The zero-order chi connectivity index (χ0) is 19.8. The summed E-state index contributed by atoms with van der Waals surface area (Å²) in [6.07, 6.45) is -1.24. The molecule has 2 aromatic rings. The second-order valence-electron chi connectivity index (χ2n) is 5.57. The van der Waals surface area contributed by atoms with Crippen LogP contribution in [0.2, 0.25) is 0 Å². The molecule has 0 saturated heterocycles. The van der Waals surface area contributed by atoms with Gasteiger partial charge in [-0.3, -0.25) is 14.9 Å². The molecule has 2 N–H and O–H groups in total. The molecule has 1 unspecified atom stereocenters. The topological polar surface area (TPSA) is 110 Å². The lowest BCUT2D eigenvalue weighted by Crippen LogP contribution is -2.41. The zero-order valence-corrected chi connectivity index (χ0v) is 16.0. The number of aromatic nitrogens is 2. The number of amides is 3. The van der Waals surface area contributed by atoms with Crippen molar-refractivity contribution in [1.82, 2.24) is 20.6 Å². The van der Waals surface area contributed by atoms with Gasteiger partial charge in [-0.25, -0.2) is 14.8 Å². The number of thioether (sulfide) groups is 1. The van der Waals surface area contributed by atoms with E-state index in [1.54, 1.807) is 30.3 Å². The Hall–Kier alpha value is -2.94. The van der Waals surface area contributed by atoms with Crippen LogP contribution in [0.4, 0.5) is 4.79 Å². The van der Waals surface area contributed by atoms with Crippen LogP contribution in [-0.4, -0.2) is 40.7 Å². The fourth-order valence-electron chi connectivity index (χ4n) is 2.19. The van der Waals surface area contributed by atoms with E-state index >= 15 is 0 Å². The van der Waals surface area contributed by atoms with Gasteiger partial charge in [0.1, 0.15) is 0 Å². The van der Waals surface area contributed by atoms with Crippen LogP contribution >= 0.6 is 11.8 Å². The maximum absolute atomic E-state index is 12.3. The Labute approximate surface area is 161 Å². The Bertz CT molecular complexity index is 809. The fraction of sp³-hybridized carbons (Fsp3) is 0.278.